The molecule has 1 unspecified atom stereocenters. The molecule has 1 aromatic rings. The zero-order valence-electron chi connectivity index (χ0n) is 10.8. The van der Waals surface area contributed by atoms with Crippen molar-refractivity contribution in [1.29, 1.82) is 0 Å². The topological polar surface area (TPSA) is 75.3 Å². The maximum absolute atomic E-state index is 11.9. The van der Waals surface area contributed by atoms with Gasteiger partial charge < -0.3 is 10.6 Å². The fourth-order valence-corrected chi connectivity index (χ4v) is 3.95. The van der Waals surface area contributed by atoms with Crippen molar-refractivity contribution in [2.24, 2.45) is 0 Å². The number of carbonyl (C=O) groups excluding carboxylic acids is 1. The monoisotopic (exact) mass is 282 g/mol. The molecule has 19 heavy (non-hydrogen) atoms. The van der Waals surface area contributed by atoms with Crippen molar-refractivity contribution in [3.63, 3.8) is 0 Å². The fraction of sp³-hybridized carbons (Fsp3) is 0.462. The van der Waals surface area contributed by atoms with E-state index in [1.165, 1.54) is 0 Å². The van der Waals surface area contributed by atoms with Crippen LogP contribution in [0.2, 0.25) is 0 Å². The Balaban J connectivity index is 1.94. The Morgan fingerprint density at radius 3 is 2.53 bits per heavy atom. The zero-order chi connectivity index (χ0) is 13.9. The van der Waals surface area contributed by atoms with Crippen molar-refractivity contribution in [3.8, 4) is 0 Å². The van der Waals surface area contributed by atoms with Gasteiger partial charge in [-0.1, -0.05) is 0 Å². The first-order valence-corrected chi connectivity index (χ1v) is 8.02. The van der Waals surface area contributed by atoms with Crippen LogP contribution in [0.3, 0.4) is 0 Å². The predicted molar refractivity (Wildman–Crippen MR) is 75.1 cm³/mol. The molecule has 1 amide bonds. The molecule has 0 saturated carbocycles. The second-order valence-corrected chi connectivity index (χ2v) is 7.07. The minimum absolute atomic E-state index is 0.203. The Morgan fingerprint density at radius 2 is 2.00 bits per heavy atom. The van der Waals surface area contributed by atoms with E-state index in [4.69, 9.17) is 0 Å². The maximum Gasteiger partial charge on any atom is 0.251 e. The van der Waals surface area contributed by atoms with Crippen LogP contribution in [-0.4, -0.2) is 38.9 Å². The molecule has 2 rings (SSSR count). The van der Waals surface area contributed by atoms with Gasteiger partial charge in [-0.3, -0.25) is 4.79 Å². The van der Waals surface area contributed by atoms with Crippen LogP contribution in [0.25, 0.3) is 0 Å². The standard InChI is InChI=1S/C13H18N2O3S/c1-14-11-6-4-10(5-7-11)13(16)15-9-12-3-2-8-19(12,17)18/h4-7,12,14H,2-3,8-9H2,1H3,(H,15,16). The van der Waals surface area contributed by atoms with Gasteiger partial charge in [0.25, 0.3) is 5.91 Å². The molecule has 5 nitrogen and oxygen atoms in total. The van der Waals surface area contributed by atoms with E-state index in [1.807, 2.05) is 0 Å². The molecule has 104 valence electrons. The highest BCUT2D eigenvalue weighted by Gasteiger charge is 2.31. The van der Waals surface area contributed by atoms with Crippen LogP contribution in [0.5, 0.6) is 0 Å². The first kappa shape index (κ1) is 13.9. The van der Waals surface area contributed by atoms with Gasteiger partial charge in [-0.2, -0.15) is 0 Å². The summed E-state index contributed by atoms with van der Waals surface area (Å²) in [5, 5.41) is 5.24. The molecule has 1 heterocycles. The van der Waals surface area contributed by atoms with E-state index in [0.717, 1.165) is 5.69 Å². The van der Waals surface area contributed by atoms with E-state index in [0.29, 0.717) is 18.4 Å². The molecular weight excluding hydrogens is 264 g/mol. The Hall–Kier alpha value is -1.56. The number of benzene rings is 1. The lowest BCUT2D eigenvalue weighted by atomic mass is 10.2. The summed E-state index contributed by atoms with van der Waals surface area (Å²) in [6.07, 6.45) is 1.33. The number of rotatable bonds is 4. The first-order chi connectivity index (χ1) is 9.03. The molecule has 0 radical (unpaired) electrons. The first-order valence-electron chi connectivity index (χ1n) is 6.30. The molecule has 1 atom stereocenters. The van der Waals surface area contributed by atoms with Gasteiger partial charge in [-0.05, 0) is 37.1 Å². The van der Waals surface area contributed by atoms with E-state index in [2.05, 4.69) is 10.6 Å². The van der Waals surface area contributed by atoms with E-state index in [-0.39, 0.29) is 18.2 Å². The molecule has 6 heteroatoms. The Bertz CT molecular complexity index is 552. The Kier molecular flexibility index (Phi) is 4.09. The van der Waals surface area contributed by atoms with Crippen LogP contribution in [0, 0.1) is 0 Å². The van der Waals surface area contributed by atoms with Crippen molar-refractivity contribution < 1.29 is 13.2 Å². The molecule has 0 aliphatic carbocycles. The average Bonchev–Trinajstić information content (AvgIpc) is 2.75. The number of sulfone groups is 1. The molecule has 1 aromatic carbocycles. The van der Waals surface area contributed by atoms with E-state index < -0.39 is 15.1 Å². The van der Waals surface area contributed by atoms with Gasteiger partial charge in [-0.25, -0.2) is 8.42 Å². The van der Waals surface area contributed by atoms with Gasteiger partial charge in [-0.15, -0.1) is 0 Å². The van der Waals surface area contributed by atoms with Crippen molar-refractivity contribution >= 4 is 21.4 Å². The van der Waals surface area contributed by atoms with Crippen molar-refractivity contribution in [3.05, 3.63) is 29.8 Å². The second kappa shape index (κ2) is 5.61. The lowest BCUT2D eigenvalue weighted by Crippen LogP contribution is -2.34. The zero-order valence-corrected chi connectivity index (χ0v) is 11.7. The number of hydrogen-bond acceptors (Lipinski definition) is 4. The molecule has 0 spiro atoms. The van der Waals surface area contributed by atoms with Crippen LogP contribution < -0.4 is 10.6 Å². The molecule has 0 bridgehead atoms. The predicted octanol–water partition coefficient (Wildman–Crippen LogP) is 1.04. The Labute approximate surface area is 113 Å². The van der Waals surface area contributed by atoms with Crippen LogP contribution in [0.1, 0.15) is 23.2 Å². The molecule has 1 saturated heterocycles. The van der Waals surface area contributed by atoms with Crippen LogP contribution in [0.15, 0.2) is 24.3 Å². The number of nitrogens with one attached hydrogen (secondary N) is 2. The quantitative estimate of drug-likeness (QED) is 0.865. The largest absolute Gasteiger partial charge is 0.388 e. The summed E-state index contributed by atoms with van der Waals surface area (Å²) in [7, 11) is -1.19. The SMILES string of the molecule is CNc1ccc(C(=O)NCC2CCCS2(=O)=O)cc1. The van der Waals surface area contributed by atoms with E-state index in [9.17, 15) is 13.2 Å². The fourth-order valence-electron chi connectivity index (χ4n) is 2.18. The smallest absolute Gasteiger partial charge is 0.251 e. The third kappa shape index (κ3) is 3.26. The van der Waals surface area contributed by atoms with Gasteiger partial charge >= 0.3 is 0 Å². The summed E-state index contributed by atoms with van der Waals surface area (Å²) in [6, 6.07) is 7.04. The van der Waals surface area contributed by atoms with Crippen molar-refractivity contribution in [1.82, 2.24) is 5.32 Å². The lowest BCUT2D eigenvalue weighted by Gasteiger charge is -2.11. The highest BCUT2D eigenvalue weighted by Crippen LogP contribution is 2.19. The second-order valence-electron chi connectivity index (χ2n) is 4.67. The van der Waals surface area contributed by atoms with Gasteiger partial charge in [0.1, 0.15) is 0 Å². The Morgan fingerprint density at radius 1 is 1.32 bits per heavy atom. The summed E-state index contributed by atoms with van der Waals surface area (Å²) < 4.78 is 23.3. The molecule has 0 aromatic heterocycles. The highest BCUT2D eigenvalue weighted by molar-refractivity contribution is 7.92. The molecule has 1 aliphatic heterocycles. The van der Waals surface area contributed by atoms with Crippen LogP contribution in [-0.2, 0) is 9.84 Å². The third-order valence-electron chi connectivity index (χ3n) is 3.39. The normalized spacial score (nSPS) is 21.0. The number of hydrogen-bond donors (Lipinski definition) is 2. The molecule has 2 N–H and O–H groups in total. The molecular formula is C13H18N2O3S. The summed E-state index contributed by atoms with van der Waals surface area (Å²) in [5.74, 6) is 0.00877. The number of anilines is 1. The molecule has 1 fully saturated rings. The number of carbonyl (C=O) groups is 1. The summed E-state index contributed by atoms with van der Waals surface area (Å²) >= 11 is 0. The lowest BCUT2D eigenvalue weighted by molar-refractivity contribution is 0.0953. The average molecular weight is 282 g/mol. The van der Waals surface area contributed by atoms with E-state index in [1.54, 1.807) is 31.3 Å². The van der Waals surface area contributed by atoms with Crippen LogP contribution >= 0.6 is 0 Å². The van der Waals surface area contributed by atoms with Crippen molar-refractivity contribution in [2.45, 2.75) is 18.1 Å². The van der Waals surface area contributed by atoms with E-state index >= 15 is 0 Å². The number of amides is 1. The van der Waals surface area contributed by atoms with Gasteiger partial charge in [0.05, 0.1) is 11.0 Å². The summed E-state index contributed by atoms with van der Waals surface area (Å²) in [5.41, 5.74) is 1.46. The summed E-state index contributed by atoms with van der Waals surface area (Å²) in [6.45, 7) is 0.203. The van der Waals surface area contributed by atoms with Crippen LogP contribution in [0.4, 0.5) is 5.69 Å². The van der Waals surface area contributed by atoms with Gasteiger partial charge in [0, 0.05) is 24.8 Å². The highest BCUT2D eigenvalue weighted by atomic mass is 32.2. The minimum atomic E-state index is -3.00. The van der Waals surface area contributed by atoms with Gasteiger partial charge in [0.15, 0.2) is 9.84 Å². The van der Waals surface area contributed by atoms with Crippen molar-refractivity contribution in [2.75, 3.05) is 24.7 Å². The summed E-state index contributed by atoms with van der Waals surface area (Å²) in [4.78, 5) is 11.9. The maximum atomic E-state index is 11.9. The van der Waals surface area contributed by atoms with Gasteiger partial charge in [0.2, 0.25) is 0 Å². The molecule has 1 aliphatic rings. The third-order valence-corrected chi connectivity index (χ3v) is 5.66. The minimum Gasteiger partial charge on any atom is -0.388 e.